The molecule has 0 rings (SSSR count). The van der Waals surface area contributed by atoms with Crippen LogP contribution in [0.1, 0.15) is 123 Å². The van der Waals surface area contributed by atoms with Gasteiger partial charge in [0.1, 0.15) is 0 Å². The molecule has 0 aromatic heterocycles. The van der Waals surface area contributed by atoms with Crippen LogP contribution in [0.3, 0.4) is 0 Å². The van der Waals surface area contributed by atoms with Gasteiger partial charge in [-0.25, -0.2) is 4.79 Å². The summed E-state index contributed by atoms with van der Waals surface area (Å²) in [5, 5.41) is 1.78. The molecule has 4 nitrogen and oxygen atoms in total. The van der Waals surface area contributed by atoms with Crippen molar-refractivity contribution < 1.29 is 9.63 Å². The lowest BCUT2D eigenvalue weighted by atomic mass is 10.0. The Labute approximate surface area is 169 Å². The van der Waals surface area contributed by atoms with E-state index < -0.39 is 0 Å². The third kappa shape index (κ3) is 19.9. The largest absolute Gasteiger partial charge is 0.367 e. The van der Waals surface area contributed by atoms with Crippen molar-refractivity contribution in [1.29, 1.82) is 0 Å². The van der Waals surface area contributed by atoms with Crippen LogP contribution in [0.5, 0.6) is 0 Å². The van der Waals surface area contributed by atoms with E-state index in [0.717, 1.165) is 25.9 Å². The summed E-state index contributed by atoms with van der Waals surface area (Å²) in [6, 6.07) is 0. The smallest absolute Gasteiger partial charge is 0.338 e. The molecular weight excluding hydrogens is 336 g/mol. The summed E-state index contributed by atoms with van der Waals surface area (Å²) in [7, 11) is 0. The minimum Gasteiger partial charge on any atom is -0.367 e. The number of unbranched alkanes of at least 4 members (excludes halogenated alkanes) is 15. The van der Waals surface area contributed by atoms with Gasteiger partial charge in [-0.1, -0.05) is 110 Å². The van der Waals surface area contributed by atoms with Gasteiger partial charge < -0.3 is 10.6 Å². The van der Waals surface area contributed by atoms with E-state index in [1.54, 1.807) is 5.06 Å². The average molecular weight is 385 g/mol. The quantitative estimate of drug-likeness (QED) is 0.184. The molecule has 0 radical (unpaired) electrons. The Morgan fingerprint density at radius 3 is 1.41 bits per heavy atom. The van der Waals surface area contributed by atoms with E-state index in [1.807, 2.05) is 0 Å². The van der Waals surface area contributed by atoms with Crippen molar-refractivity contribution in [3.63, 3.8) is 0 Å². The summed E-state index contributed by atoms with van der Waals surface area (Å²) in [5.74, 6) is -0.333. The van der Waals surface area contributed by atoms with Gasteiger partial charge in [-0.2, -0.15) is 0 Å². The number of hydrogen-bond acceptors (Lipinski definition) is 4. The number of hydroxylamine groups is 2. The average Bonchev–Trinajstić information content (AvgIpc) is 2.67. The zero-order valence-corrected chi connectivity index (χ0v) is 18.5. The first kappa shape index (κ1) is 26.4. The van der Waals surface area contributed by atoms with Gasteiger partial charge in [-0.3, -0.25) is 0 Å². The van der Waals surface area contributed by atoms with Crippen LogP contribution in [0.15, 0.2) is 0 Å². The highest BCUT2D eigenvalue weighted by Crippen LogP contribution is 2.13. The number of carbonyl (C=O) groups is 1. The van der Waals surface area contributed by atoms with Crippen molar-refractivity contribution in [3.8, 4) is 0 Å². The first-order chi connectivity index (χ1) is 13.2. The molecule has 0 unspecified atom stereocenters. The van der Waals surface area contributed by atoms with Gasteiger partial charge in [-0.05, 0) is 12.8 Å². The van der Waals surface area contributed by atoms with Crippen molar-refractivity contribution in [3.05, 3.63) is 0 Å². The lowest BCUT2D eigenvalue weighted by Crippen LogP contribution is -2.32. The van der Waals surface area contributed by atoms with Crippen molar-refractivity contribution >= 4 is 5.97 Å². The topological polar surface area (TPSA) is 55.6 Å². The molecule has 0 aromatic rings. The molecule has 162 valence electrons. The van der Waals surface area contributed by atoms with Crippen molar-refractivity contribution in [2.24, 2.45) is 5.73 Å². The predicted octanol–water partition coefficient (Wildman–Crippen LogP) is 6.38. The standard InChI is InChI=1S/C23H48N2O2/c1-3-5-6-7-8-9-10-11-12-13-14-15-16-17-18-19-21-25(20-4-2)27-23(26)22-24/h3-22,24H2,1-2H3. The summed E-state index contributed by atoms with van der Waals surface area (Å²) < 4.78 is 0. The molecule has 0 amide bonds. The molecule has 0 saturated carbocycles. The Hall–Kier alpha value is -0.610. The first-order valence-corrected chi connectivity index (χ1v) is 11.9. The molecule has 0 bridgehead atoms. The monoisotopic (exact) mass is 384 g/mol. The SMILES string of the molecule is CCCCCCCCCCCCCCCCCCN(CCC)OC(=O)CN. The summed E-state index contributed by atoms with van der Waals surface area (Å²) in [4.78, 5) is 16.5. The van der Waals surface area contributed by atoms with Crippen LogP contribution >= 0.6 is 0 Å². The molecule has 4 heteroatoms. The molecule has 27 heavy (non-hydrogen) atoms. The highest BCUT2D eigenvalue weighted by molar-refractivity contribution is 5.70. The van der Waals surface area contributed by atoms with Gasteiger partial charge in [0, 0.05) is 13.1 Å². The Bertz CT molecular complexity index is 311. The number of nitrogens with zero attached hydrogens (tertiary/aromatic N) is 1. The third-order valence-corrected chi connectivity index (χ3v) is 5.13. The van der Waals surface area contributed by atoms with E-state index in [0.29, 0.717) is 0 Å². The van der Waals surface area contributed by atoms with Gasteiger partial charge >= 0.3 is 5.97 Å². The fourth-order valence-electron chi connectivity index (χ4n) is 3.47. The number of carbonyl (C=O) groups excluding carboxylic acids is 1. The molecule has 0 aliphatic rings. The minimum atomic E-state index is -0.333. The molecule has 0 atom stereocenters. The molecular formula is C23H48N2O2. The first-order valence-electron chi connectivity index (χ1n) is 11.9. The summed E-state index contributed by atoms with van der Waals surface area (Å²) >= 11 is 0. The summed E-state index contributed by atoms with van der Waals surface area (Å²) in [6.45, 7) is 5.96. The van der Waals surface area contributed by atoms with Crippen LogP contribution in [0.2, 0.25) is 0 Å². The molecule has 2 N–H and O–H groups in total. The molecule has 0 saturated heterocycles. The van der Waals surface area contributed by atoms with Crippen LogP contribution in [0.25, 0.3) is 0 Å². The number of hydrogen-bond donors (Lipinski definition) is 1. The maximum Gasteiger partial charge on any atom is 0.338 e. The number of rotatable bonds is 21. The second kappa shape index (κ2) is 21.7. The van der Waals surface area contributed by atoms with E-state index in [9.17, 15) is 4.79 Å². The van der Waals surface area contributed by atoms with Gasteiger partial charge in [0.2, 0.25) is 0 Å². The maximum atomic E-state index is 11.3. The Kier molecular flexibility index (Phi) is 21.2. The zero-order chi connectivity index (χ0) is 20.0. The van der Waals surface area contributed by atoms with Crippen LogP contribution < -0.4 is 5.73 Å². The van der Waals surface area contributed by atoms with Crippen LogP contribution in [0.4, 0.5) is 0 Å². The van der Waals surface area contributed by atoms with E-state index in [-0.39, 0.29) is 12.5 Å². The maximum absolute atomic E-state index is 11.3. The highest BCUT2D eigenvalue weighted by atomic mass is 16.7. The summed E-state index contributed by atoms with van der Waals surface area (Å²) in [6.07, 6.45) is 22.9. The lowest BCUT2D eigenvalue weighted by molar-refractivity contribution is -0.189. The fourth-order valence-corrected chi connectivity index (χ4v) is 3.47. The van der Waals surface area contributed by atoms with Crippen molar-refractivity contribution in [2.45, 2.75) is 123 Å². The minimum absolute atomic E-state index is 0.0425. The third-order valence-electron chi connectivity index (χ3n) is 5.13. The molecule has 0 spiro atoms. The van der Waals surface area contributed by atoms with Crippen LogP contribution in [-0.2, 0) is 9.63 Å². The summed E-state index contributed by atoms with van der Waals surface area (Å²) in [5.41, 5.74) is 5.31. The Balaban J connectivity index is 3.28. The fraction of sp³-hybridized carbons (Fsp3) is 0.957. The molecule has 0 heterocycles. The van der Waals surface area contributed by atoms with E-state index in [2.05, 4.69) is 13.8 Å². The second-order valence-corrected chi connectivity index (χ2v) is 7.90. The number of nitrogens with two attached hydrogens (primary N) is 1. The van der Waals surface area contributed by atoms with E-state index in [4.69, 9.17) is 10.6 Å². The van der Waals surface area contributed by atoms with Gasteiger partial charge in [0.25, 0.3) is 0 Å². The van der Waals surface area contributed by atoms with Gasteiger partial charge in [0.15, 0.2) is 0 Å². The Morgan fingerprint density at radius 1 is 0.630 bits per heavy atom. The lowest BCUT2D eigenvalue weighted by Gasteiger charge is -2.20. The molecule has 0 aliphatic heterocycles. The predicted molar refractivity (Wildman–Crippen MR) is 117 cm³/mol. The van der Waals surface area contributed by atoms with Gasteiger partial charge in [-0.15, -0.1) is 5.06 Å². The van der Waals surface area contributed by atoms with Crippen molar-refractivity contribution in [2.75, 3.05) is 19.6 Å². The van der Waals surface area contributed by atoms with Gasteiger partial charge in [0.05, 0.1) is 6.54 Å². The Morgan fingerprint density at radius 2 is 1.04 bits per heavy atom. The van der Waals surface area contributed by atoms with Crippen molar-refractivity contribution in [1.82, 2.24) is 5.06 Å². The highest BCUT2D eigenvalue weighted by Gasteiger charge is 2.08. The van der Waals surface area contributed by atoms with Crippen LogP contribution in [-0.4, -0.2) is 30.7 Å². The second-order valence-electron chi connectivity index (χ2n) is 7.90. The van der Waals surface area contributed by atoms with E-state index >= 15 is 0 Å². The molecule has 0 aliphatic carbocycles. The zero-order valence-electron chi connectivity index (χ0n) is 18.5. The molecule has 0 aromatic carbocycles. The normalized spacial score (nSPS) is 11.3. The van der Waals surface area contributed by atoms with Crippen LogP contribution in [0, 0.1) is 0 Å². The molecule has 0 fully saturated rings. The van der Waals surface area contributed by atoms with E-state index in [1.165, 1.54) is 96.3 Å².